The van der Waals surface area contributed by atoms with Crippen LogP contribution in [0.4, 0.5) is 0 Å². The first-order valence-corrected chi connectivity index (χ1v) is 4.69. The van der Waals surface area contributed by atoms with Gasteiger partial charge >= 0.3 is 0 Å². The van der Waals surface area contributed by atoms with Crippen molar-refractivity contribution < 1.29 is 13.0 Å². The van der Waals surface area contributed by atoms with Gasteiger partial charge in [0.05, 0.1) is 6.17 Å². The molecule has 0 radical (unpaired) electrons. The summed E-state index contributed by atoms with van der Waals surface area (Å²) < 4.78 is 29.6. The molecule has 1 aliphatic heterocycles. The Kier molecular flexibility index (Phi) is 2.45. The van der Waals surface area contributed by atoms with E-state index in [0.717, 1.165) is 0 Å². The van der Waals surface area contributed by atoms with Crippen LogP contribution < -0.4 is 16.4 Å². The van der Waals surface area contributed by atoms with Crippen molar-refractivity contribution in [2.45, 2.75) is 11.5 Å². The third-order valence-electron chi connectivity index (χ3n) is 1.45. The topological polar surface area (TPSA) is 104 Å². The second-order valence-electron chi connectivity index (χ2n) is 2.44. The molecule has 0 bridgehead atoms. The average molecular weight is 181 g/mol. The molecule has 1 saturated heterocycles. The van der Waals surface area contributed by atoms with Crippen molar-refractivity contribution in [3.05, 3.63) is 0 Å². The second kappa shape index (κ2) is 3.03. The second-order valence-corrected chi connectivity index (χ2v) is 4.03. The van der Waals surface area contributed by atoms with Gasteiger partial charge in [-0.3, -0.25) is 9.87 Å². The number of nitrogens with two attached hydrogens (primary N) is 1. The molecule has 1 aliphatic rings. The summed E-state index contributed by atoms with van der Waals surface area (Å²) in [4.78, 5) is 0. The zero-order chi connectivity index (χ0) is 8.48. The standard InChI is InChI=1S/C4H11N3O3S/c5-3-1-6-2-4(7-3)11(8,9)10/h3-4,6-7H,1-2,5H2,(H,8,9,10). The van der Waals surface area contributed by atoms with E-state index in [4.69, 9.17) is 10.3 Å². The summed E-state index contributed by atoms with van der Waals surface area (Å²) in [5.41, 5.74) is 5.37. The minimum Gasteiger partial charge on any atom is -0.315 e. The van der Waals surface area contributed by atoms with Gasteiger partial charge in [-0.25, -0.2) is 0 Å². The highest BCUT2D eigenvalue weighted by atomic mass is 32.2. The highest BCUT2D eigenvalue weighted by molar-refractivity contribution is 7.86. The quantitative estimate of drug-likeness (QED) is 0.338. The van der Waals surface area contributed by atoms with E-state index in [1.165, 1.54) is 0 Å². The predicted octanol–water partition coefficient (Wildman–Crippen LogP) is -2.32. The highest BCUT2D eigenvalue weighted by Gasteiger charge is 2.27. The molecule has 5 N–H and O–H groups in total. The molecule has 2 unspecified atom stereocenters. The molecule has 11 heavy (non-hydrogen) atoms. The molecular formula is C4H11N3O3S. The summed E-state index contributed by atoms with van der Waals surface area (Å²) in [6.45, 7) is 0.693. The molecule has 0 aromatic rings. The first kappa shape index (κ1) is 8.88. The van der Waals surface area contributed by atoms with Gasteiger partial charge in [0.25, 0.3) is 10.1 Å². The molecular weight excluding hydrogens is 170 g/mol. The Morgan fingerprint density at radius 2 is 2.09 bits per heavy atom. The zero-order valence-electron chi connectivity index (χ0n) is 5.82. The minimum atomic E-state index is -4.01. The predicted molar refractivity (Wildman–Crippen MR) is 39.3 cm³/mol. The maximum atomic E-state index is 10.5. The Balaban J connectivity index is 2.60. The van der Waals surface area contributed by atoms with Gasteiger partial charge in [-0.15, -0.1) is 0 Å². The number of nitrogens with one attached hydrogen (secondary N) is 2. The molecule has 0 aromatic carbocycles. The number of hydrogen-bond donors (Lipinski definition) is 4. The molecule has 0 amide bonds. The Morgan fingerprint density at radius 1 is 1.45 bits per heavy atom. The molecule has 0 aliphatic carbocycles. The van der Waals surface area contributed by atoms with E-state index in [1.54, 1.807) is 0 Å². The molecule has 0 saturated carbocycles. The summed E-state index contributed by atoms with van der Waals surface area (Å²) in [7, 11) is -4.01. The van der Waals surface area contributed by atoms with Crippen LogP contribution in [0.1, 0.15) is 0 Å². The fourth-order valence-electron chi connectivity index (χ4n) is 0.918. The maximum Gasteiger partial charge on any atom is 0.282 e. The molecule has 1 heterocycles. The largest absolute Gasteiger partial charge is 0.315 e. The van der Waals surface area contributed by atoms with Crippen molar-refractivity contribution in [1.29, 1.82) is 0 Å². The van der Waals surface area contributed by atoms with Gasteiger partial charge in [-0.2, -0.15) is 8.42 Å². The van der Waals surface area contributed by atoms with Crippen LogP contribution in [0.3, 0.4) is 0 Å². The first-order valence-electron chi connectivity index (χ1n) is 3.19. The maximum absolute atomic E-state index is 10.5. The van der Waals surface area contributed by atoms with E-state index in [2.05, 4.69) is 10.6 Å². The highest BCUT2D eigenvalue weighted by Crippen LogP contribution is 1.97. The summed E-state index contributed by atoms with van der Waals surface area (Å²) in [6, 6.07) is 0. The van der Waals surface area contributed by atoms with Crippen molar-refractivity contribution in [2.75, 3.05) is 13.1 Å². The van der Waals surface area contributed by atoms with Crippen LogP contribution in [-0.2, 0) is 10.1 Å². The lowest BCUT2D eigenvalue weighted by atomic mass is 10.4. The molecule has 0 spiro atoms. The lowest BCUT2D eigenvalue weighted by molar-refractivity contribution is 0.368. The van der Waals surface area contributed by atoms with Gasteiger partial charge in [-0.1, -0.05) is 0 Å². The molecule has 1 fully saturated rings. The molecule has 0 aromatic heterocycles. The van der Waals surface area contributed by atoms with Crippen LogP contribution in [0.5, 0.6) is 0 Å². The number of hydrogen-bond acceptors (Lipinski definition) is 5. The lowest BCUT2D eigenvalue weighted by Crippen LogP contribution is -2.60. The smallest absolute Gasteiger partial charge is 0.282 e. The molecule has 1 rings (SSSR count). The Morgan fingerprint density at radius 3 is 2.45 bits per heavy atom. The summed E-state index contributed by atoms with van der Waals surface area (Å²) in [5.74, 6) is 0. The van der Waals surface area contributed by atoms with Crippen molar-refractivity contribution in [2.24, 2.45) is 5.73 Å². The molecule has 2 atom stereocenters. The van der Waals surface area contributed by atoms with E-state index in [1.807, 2.05) is 0 Å². The SMILES string of the molecule is NC1CNCC(S(=O)(=O)O)N1. The molecule has 6 nitrogen and oxygen atoms in total. The van der Waals surface area contributed by atoms with Crippen molar-refractivity contribution in [3.63, 3.8) is 0 Å². The van der Waals surface area contributed by atoms with E-state index in [-0.39, 0.29) is 6.54 Å². The van der Waals surface area contributed by atoms with Gasteiger partial charge in [-0.05, 0) is 0 Å². The fourth-order valence-corrected chi connectivity index (χ4v) is 1.59. The van der Waals surface area contributed by atoms with E-state index in [0.29, 0.717) is 6.54 Å². The van der Waals surface area contributed by atoms with Crippen molar-refractivity contribution in [3.8, 4) is 0 Å². The van der Waals surface area contributed by atoms with Gasteiger partial charge in [0.1, 0.15) is 5.37 Å². The van der Waals surface area contributed by atoms with Gasteiger partial charge in [0.2, 0.25) is 0 Å². The number of rotatable bonds is 1. The van der Waals surface area contributed by atoms with Gasteiger partial charge in [0.15, 0.2) is 0 Å². The van der Waals surface area contributed by atoms with Crippen molar-refractivity contribution in [1.82, 2.24) is 10.6 Å². The van der Waals surface area contributed by atoms with Crippen LogP contribution in [0, 0.1) is 0 Å². The Labute approximate surface area is 64.9 Å². The molecule has 66 valence electrons. The monoisotopic (exact) mass is 181 g/mol. The minimum absolute atomic E-state index is 0.187. The van der Waals surface area contributed by atoms with Gasteiger partial charge < -0.3 is 11.1 Å². The van der Waals surface area contributed by atoms with Crippen molar-refractivity contribution >= 4 is 10.1 Å². The summed E-state index contributed by atoms with van der Waals surface area (Å²) in [6.07, 6.45) is -0.421. The number of piperazine rings is 1. The van der Waals surface area contributed by atoms with E-state index >= 15 is 0 Å². The first-order chi connectivity index (χ1) is 5.00. The van der Waals surface area contributed by atoms with E-state index in [9.17, 15) is 8.42 Å². The van der Waals surface area contributed by atoms with Crippen LogP contribution in [0.2, 0.25) is 0 Å². The lowest BCUT2D eigenvalue weighted by Gasteiger charge is -2.26. The normalized spacial score (nSPS) is 33.6. The third-order valence-corrected chi connectivity index (χ3v) is 2.48. The summed E-state index contributed by atoms with van der Waals surface area (Å²) in [5, 5.41) is 4.32. The van der Waals surface area contributed by atoms with Gasteiger partial charge in [0, 0.05) is 13.1 Å². The molecule has 7 heteroatoms. The fraction of sp³-hybridized carbons (Fsp3) is 1.00. The summed E-state index contributed by atoms with van der Waals surface area (Å²) >= 11 is 0. The van der Waals surface area contributed by atoms with Crippen LogP contribution in [0.15, 0.2) is 0 Å². The Hall–Kier alpha value is -0.210. The van der Waals surface area contributed by atoms with Crippen LogP contribution in [0.25, 0.3) is 0 Å². The Bertz CT molecular complexity index is 227. The zero-order valence-corrected chi connectivity index (χ0v) is 6.63. The van der Waals surface area contributed by atoms with E-state index < -0.39 is 21.7 Å². The third kappa shape index (κ3) is 2.38. The van der Waals surface area contributed by atoms with Crippen LogP contribution in [-0.4, -0.2) is 37.6 Å². The average Bonchev–Trinajstić information content (AvgIpc) is 1.86. The van der Waals surface area contributed by atoms with Crippen LogP contribution >= 0.6 is 0 Å².